The monoisotopic (exact) mass is 416 g/mol. The zero-order valence-electron chi connectivity index (χ0n) is 18.0. The van der Waals surface area contributed by atoms with Crippen molar-refractivity contribution in [1.29, 1.82) is 0 Å². The first-order chi connectivity index (χ1) is 15.0. The van der Waals surface area contributed by atoms with E-state index in [2.05, 4.69) is 29.1 Å². The van der Waals surface area contributed by atoms with Crippen molar-refractivity contribution in [3.05, 3.63) is 77.6 Å². The molecule has 31 heavy (non-hydrogen) atoms. The van der Waals surface area contributed by atoms with Crippen LogP contribution >= 0.6 is 0 Å². The van der Waals surface area contributed by atoms with Gasteiger partial charge in [-0.15, -0.1) is 0 Å². The zero-order chi connectivity index (χ0) is 21.8. The summed E-state index contributed by atoms with van der Waals surface area (Å²) in [5.74, 6) is 0.648. The Morgan fingerprint density at radius 3 is 2.35 bits per heavy atom. The highest BCUT2D eigenvalue weighted by Gasteiger charge is 2.33. The van der Waals surface area contributed by atoms with Gasteiger partial charge in [0.2, 0.25) is 5.91 Å². The molecule has 0 radical (unpaired) electrons. The fourth-order valence-corrected chi connectivity index (χ4v) is 4.13. The number of imidazole rings is 1. The van der Waals surface area contributed by atoms with Crippen LogP contribution in [0.1, 0.15) is 48.3 Å². The Labute approximate surface area is 182 Å². The minimum atomic E-state index is -0.0160. The number of aromatic nitrogens is 2. The van der Waals surface area contributed by atoms with Crippen LogP contribution < -0.4 is 5.32 Å². The van der Waals surface area contributed by atoms with Crippen molar-refractivity contribution < 1.29 is 9.59 Å². The lowest BCUT2D eigenvalue weighted by atomic mass is 10.1. The Morgan fingerprint density at radius 2 is 1.68 bits per heavy atom. The van der Waals surface area contributed by atoms with Crippen LogP contribution in [0.4, 0.5) is 0 Å². The molecular weight excluding hydrogens is 388 g/mol. The summed E-state index contributed by atoms with van der Waals surface area (Å²) in [5, 5.41) is 2.95. The number of H-pyrrole nitrogens is 1. The summed E-state index contributed by atoms with van der Waals surface area (Å²) in [4.78, 5) is 34.6. The number of carbonyl (C=O) groups is 2. The predicted octanol–water partition coefficient (Wildman–Crippen LogP) is 3.95. The van der Waals surface area contributed by atoms with Gasteiger partial charge in [-0.2, -0.15) is 0 Å². The second-order valence-electron chi connectivity index (χ2n) is 8.26. The van der Waals surface area contributed by atoms with Crippen LogP contribution in [0.5, 0.6) is 0 Å². The van der Waals surface area contributed by atoms with Crippen LogP contribution in [0.25, 0.3) is 11.4 Å². The average molecular weight is 417 g/mol. The van der Waals surface area contributed by atoms with E-state index in [1.807, 2.05) is 59.5 Å². The fraction of sp³-hybridized carbons (Fsp3) is 0.320. The topological polar surface area (TPSA) is 78.1 Å². The SMILES string of the molecule is CC1CCC(C)N1C(=O)c1c[nH]c(-c2ccc(CNC(=O)Cc3ccccc3)cc2)n1. The highest BCUT2D eigenvalue weighted by atomic mass is 16.2. The fourth-order valence-electron chi connectivity index (χ4n) is 4.13. The predicted molar refractivity (Wildman–Crippen MR) is 120 cm³/mol. The average Bonchev–Trinajstić information content (AvgIpc) is 3.40. The van der Waals surface area contributed by atoms with E-state index < -0.39 is 0 Å². The van der Waals surface area contributed by atoms with Gasteiger partial charge in [-0.3, -0.25) is 9.59 Å². The summed E-state index contributed by atoms with van der Waals surface area (Å²) in [6, 6.07) is 18.0. The van der Waals surface area contributed by atoms with Gasteiger partial charge in [-0.25, -0.2) is 4.98 Å². The highest BCUT2D eigenvalue weighted by molar-refractivity contribution is 5.93. The maximum Gasteiger partial charge on any atom is 0.274 e. The van der Waals surface area contributed by atoms with E-state index >= 15 is 0 Å². The Bertz CT molecular complexity index is 1030. The molecular formula is C25H28N4O2. The van der Waals surface area contributed by atoms with Gasteiger partial charge in [-0.1, -0.05) is 54.6 Å². The molecule has 1 aliphatic heterocycles. The Balaban J connectivity index is 1.35. The minimum Gasteiger partial charge on any atom is -0.352 e. The van der Waals surface area contributed by atoms with E-state index in [0.29, 0.717) is 24.5 Å². The maximum atomic E-state index is 12.8. The largest absolute Gasteiger partial charge is 0.352 e. The standard InChI is InChI=1S/C25H28N4O2/c1-17-8-9-18(2)29(17)25(31)22-16-27-24(28-22)21-12-10-20(11-13-21)15-26-23(30)14-19-6-4-3-5-7-19/h3-7,10-13,16-18H,8-9,14-15H2,1-2H3,(H,26,30)(H,27,28). The van der Waals surface area contributed by atoms with Crippen LogP contribution in [-0.4, -0.2) is 38.8 Å². The molecule has 1 saturated heterocycles. The lowest BCUT2D eigenvalue weighted by molar-refractivity contribution is -0.120. The first-order valence-corrected chi connectivity index (χ1v) is 10.8. The number of nitrogens with zero attached hydrogens (tertiary/aromatic N) is 2. The van der Waals surface area contributed by atoms with Crippen LogP contribution in [-0.2, 0) is 17.8 Å². The first-order valence-electron chi connectivity index (χ1n) is 10.8. The van der Waals surface area contributed by atoms with Crippen molar-refractivity contribution in [2.45, 2.75) is 51.7 Å². The van der Waals surface area contributed by atoms with Gasteiger partial charge in [0.1, 0.15) is 11.5 Å². The molecule has 2 N–H and O–H groups in total. The van der Waals surface area contributed by atoms with E-state index in [0.717, 1.165) is 29.5 Å². The van der Waals surface area contributed by atoms with Crippen molar-refractivity contribution >= 4 is 11.8 Å². The second-order valence-corrected chi connectivity index (χ2v) is 8.26. The molecule has 1 aromatic heterocycles. The van der Waals surface area contributed by atoms with E-state index in [1.54, 1.807) is 6.20 Å². The van der Waals surface area contributed by atoms with Gasteiger partial charge in [0.25, 0.3) is 5.91 Å². The second kappa shape index (κ2) is 9.16. The van der Waals surface area contributed by atoms with Crippen molar-refractivity contribution in [2.24, 2.45) is 0 Å². The molecule has 0 aliphatic carbocycles. The molecule has 1 aliphatic rings. The van der Waals surface area contributed by atoms with Gasteiger partial charge in [0.15, 0.2) is 0 Å². The number of hydrogen-bond acceptors (Lipinski definition) is 3. The lowest BCUT2D eigenvalue weighted by Crippen LogP contribution is -2.38. The molecule has 160 valence electrons. The lowest BCUT2D eigenvalue weighted by Gasteiger charge is -2.25. The molecule has 2 unspecified atom stereocenters. The molecule has 6 heteroatoms. The first kappa shape index (κ1) is 20.8. The number of hydrogen-bond donors (Lipinski definition) is 2. The van der Waals surface area contributed by atoms with Crippen LogP contribution in [0.2, 0.25) is 0 Å². The molecule has 0 saturated carbocycles. The molecule has 0 bridgehead atoms. The molecule has 2 heterocycles. The molecule has 2 aromatic carbocycles. The summed E-state index contributed by atoms with van der Waals surface area (Å²) in [7, 11) is 0. The molecule has 4 rings (SSSR count). The summed E-state index contributed by atoms with van der Waals surface area (Å²) in [6.45, 7) is 4.65. The zero-order valence-corrected chi connectivity index (χ0v) is 18.0. The van der Waals surface area contributed by atoms with Crippen LogP contribution in [0, 0.1) is 0 Å². The molecule has 3 aromatic rings. The normalized spacial score (nSPS) is 18.2. The molecule has 2 atom stereocenters. The maximum absolute atomic E-state index is 12.8. The third-order valence-electron chi connectivity index (χ3n) is 5.91. The number of benzene rings is 2. The Morgan fingerprint density at radius 1 is 1.00 bits per heavy atom. The van der Waals surface area contributed by atoms with Crippen LogP contribution in [0.15, 0.2) is 60.8 Å². The molecule has 2 amide bonds. The summed E-state index contributed by atoms with van der Waals surface area (Å²) < 4.78 is 0. The van der Waals surface area contributed by atoms with Crippen molar-refractivity contribution in [2.75, 3.05) is 0 Å². The van der Waals surface area contributed by atoms with E-state index in [9.17, 15) is 9.59 Å². The molecule has 0 spiro atoms. The molecule has 1 fully saturated rings. The van der Waals surface area contributed by atoms with Crippen molar-refractivity contribution in [1.82, 2.24) is 20.2 Å². The number of amides is 2. The number of likely N-dealkylation sites (tertiary alicyclic amines) is 1. The Kier molecular flexibility index (Phi) is 6.16. The van der Waals surface area contributed by atoms with Gasteiger partial charge >= 0.3 is 0 Å². The van der Waals surface area contributed by atoms with Gasteiger partial charge in [0.05, 0.1) is 6.42 Å². The minimum absolute atomic E-state index is 0.00478. The van der Waals surface area contributed by atoms with Gasteiger partial charge < -0.3 is 15.2 Å². The quantitative estimate of drug-likeness (QED) is 0.639. The van der Waals surface area contributed by atoms with Gasteiger partial charge in [-0.05, 0) is 37.8 Å². The van der Waals surface area contributed by atoms with E-state index in [1.165, 1.54) is 0 Å². The van der Waals surface area contributed by atoms with E-state index in [-0.39, 0.29) is 23.9 Å². The third kappa shape index (κ3) is 4.85. The Hall–Kier alpha value is -3.41. The van der Waals surface area contributed by atoms with E-state index in [4.69, 9.17) is 0 Å². The summed E-state index contributed by atoms with van der Waals surface area (Å²) >= 11 is 0. The summed E-state index contributed by atoms with van der Waals surface area (Å²) in [5.41, 5.74) is 3.36. The van der Waals surface area contributed by atoms with Crippen LogP contribution in [0.3, 0.4) is 0 Å². The smallest absolute Gasteiger partial charge is 0.274 e. The summed E-state index contributed by atoms with van der Waals surface area (Å²) in [6.07, 6.45) is 4.13. The van der Waals surface area contributed by atoms with Crippen molar-refractivity contribution in [3.8, 4) is 11.4 Å². The number of nitrogens with one attached hydrogen (secondary N) is 2. The molecule has 6 nitrogen and oxygen atoms in total. The third-order valence-corrected chi connectivity index (χ3v) is 5.91. The number of aromatic amines is 1. The highest BCUT2D eigenvalue weighted by Crippen LogP contribution is 2.26. The van der Waals surface area contributed by atoms with Gasteiger partial charge in [0, 0.05) is 30.4 Å². The number of carbonyl (C=O) groups excluding carboxylic acids is 2. The van der Waals surface area contributed by atoms with Crippen molar-refractivity contribution in [3.63, 3.8) is 0 Å². The number of rotatable bonds is 6.